The molecule has 15 heavy (non-hydrogen) atoms. The fourth-order valence-corrected chi connectivity index (χ4v) is 2.51. The molecular weight excluding hydrogens is 210 g/mol. The first-order valence-corrected chi connectivity index (χ1v) is 6.52. The fraction of sp³-hybridized carbons (Fsp3) is 0.800. The smallest absolute Gasteiger partial charge is 0.191 e. The molecule has 0 aromatic carbocycles. The molecule has 0 aliphatic heterocycles. The van der Waals surface area contributed by atoms with Crippen LogP contribution in [0.1, 0.15) is 37.9 Å². The third-order valence-corrected chi connectivity index (χ3v) is 3.59. The van der Waals surface area contributed by atoms with Gasteiger partial charge in [0.05, 0.1) is 0 Å². The Bertz CT molecular complexity index is 322. The number of thioether (sulfide) groups is 1. The van der Waals surface area contributed by atoms with Gasteiger partial charge in [0.15, 0.2) is 5.16 Å². The van der Waals surface area contributed by atoms with Gasteiger partial charge in [-0.2, -0.15) is 0 Å². The Labute approximate surface area is 94.1 Å². The summed E-state index contributed by atoms with van der Waals surface area (Å²) in [5.41, 5.74) is 0. The summed E-state index contributed by atoms with van der Waals surface area (Å²) in [7, 11) is 0. The number of hydrogen-bond donors (Lipinski definition) is 1. The zero-order valence-electron chi connectivity index (χ0n) is 9.02. The number of nitrogens with zero attached hydrogens (tertiary/aromatic N) is 3. The molecule has 84 valence electrons. The molecule has 2 rings (SSSR count). The Morgan fingerprint density at radius 3 is 2.87 bits per heavy atom. The minimum absolute atomic E-state index is 0.253. The highest BCUT2D eigenvalue weighted by molar-refractivity contribution is 7.99. The monoisotopic (exact) mass is 227 g/mol. The van der Waals surface area contributed by atoms with Crippen molar-refractivity contribution in [2.75, 3.05) is 12.4 Å². The van der Waals surface area contributed by atoms with E-state index in [2.05, 4.69) is 21.7 Å². The van der Waals surface area contributed by atoms with E-state index in [0.29, 0.717) is 5.92 Å². The van der Waals surface area contributed by atoms with Gasteiger partial charge in [-0.1, -0.05) is 11.8 Å². The lowest BCUT2D eigenvalue weighted by Gasteiger charge is -2.05. The number of rotatable bonds is 6. The van der Waals surface area contributed by atoms with E-state index in [1.807, 2.05) is 0 Å². The lowest BCUT2D eigenvalue weighted by atomic mass is 10.4. The molecule has 1 aromatic heterocycles. The van der Waals surface area contributed by atoms with E-state index in [4.69, 9.17) is 5.11 Å². The van der Waals surface area contributed by atoms with Gasteiger partial charge < -0.3 is 9.67 Å². The molecule has 0 radical (unpaired) electrons. The van der Waals surface area contributed by atoms with Crippen LogP contribution in [0.2, 0.25) is 0 Å². The summed E-state index contributed by atoms with van der Waals surface area (Å²) < 4.78 is 2.21. The van der Waals surface area contributed by atoms with Gasteiger partial charge in [0, 0.05) is 24.8 Å². The highest BCUT2D eigenvalue weighted by Crippen LogP contribution is 2.39. The van der Waals surface area contributed by atoms with Crippen molar-refractivity contribution in [2.45, 2.75) is 43.8 Å². The zero-order chi connectivity index (χ0) is 10.7. The summed E-state index contributed by atoms with van der Waals surface area (Å²) in [6, 6.07) is 0. The molecule has 1 fully saturated rings. The minimum Gasteiger partial charge on any atom is -0.396 e. The van der Waals surface area contributed by atoms with Crippen molar-refractivity contribution in [1.82, 2.24) is 14.8 Å². The number of aromatic nitrogens is 3. The maximum Gasteiger partial charge on any atom is 0.191 e. The molecule has 1 aromatic rings. The lowest BCUT2D eigenvalue weighted by molar-refractivity contribution is 0.296. The summed E-state index contributed by atoms with van der Waals surface area (Å²) in [5, 5.41) is 18.2. The second-order valence-electron chi connectivity index (χ2n) is 3.78. The van der Waals surface area contributed by atoms with Crippen molar-refractivity contribution >= 4 is 11.8 Å². The Balaban J connectivity index is 2.02. The van der Waals surface area contributed by atoms with Crippen LogP contribution >= 0.6 is 11.8 Å². The first-order valence-electron chi connectivity index (χ1n) is 5.53. The largest absolute Gasteiger partial charge is 0.396 e. The summed E-state index contributed by atoms with van der Waals surface area (Å²) in [6.45, 7) is 3.33. The number of hydrogen-bond acceptors (Lipinski definition) is 4. The molecule has 1 aliphatic carbocycles. The van der Waals surface area contributed by atoms with Gasteiger partial charge in [-0.25, -0.2) is 0 Å². The standard InChI is InChI=1S/C10H17N3OS/c1-2-13-9(8-4-5-8)11-12-10(13)15-7-3-6-14/h8,14H,2-7H2,1H3. The van der Waals surface area contributed by atoms with E-state index in [9.17, 15) is 0 Å². The molecule has 0 amide bonds. The molecular formula is C10H17N3OS. The van der Waals surface area contributed by atoms with Crippen LogP contribution in [0.4, 0.5) is 0 Å². The van der Waals surface area contributed by atoms with Gasteiger partial charge in [0.25, 0.3) is 0 Å². The van der Waals surface area contributed by atoms with Gasteiger partial charge in [0.2, 0.25) is 0 Å². The van der Waals surface area contributed by atoms with Crippen LogP contribution in [-0.2, 0) is 6.54 Å². The van der Waals surface area contributed by atoms with Crippen molar-refractivity contribution in [3.8, 4) is 0 Å². The Kier molecular flexibility index (Phi) is 3.64. The van der Waals surface area contributed by atoms with Gasteiger partial charge in [0.1, 0.15) is 5.82 Å². The van der Waals surface area contributed by atoms with Crippen molar-refractivity contribution in [3.63, 3.8) is 0 Å². The molecule has 0 saturated heterocycles. The van der Waals surface area contributed by atoms with Gasteiger partial charge in [-0.15, -0.1) is 10.2 Å². The van der Waals surface area contributed by atoms with Crippen LogP contribution in [0.3, 0.4) is 0 Å². The zero-order valence-corrected chi connectivity index (χ0v) is 9.83. The number of aliphatic hydroxyl groups excluding tert-OH is 1. The van der Waals surface area contributed by atoms with Crippen LogP contribution in [0, 0.1) is 0 Å². The van der Waals surface area contributed by atoms with Crippen molar-refractivity contribution in [1.29, 1.82) is 0 Å². The summed E-state index contributed by atoms with van der Waals surface area (Å²) in [4.78, 5) is 0. The van der Waals surface area contributed by atoms with E-state index < -0.39 is 0 Å². The Hall–Kier alpha value is -0.550. The molecule has 0 atom stereocenters. The second kappa shape index (κ2) is 4.99. The highest BCUT2D eigenvalue weighted by Gasteiger charge is 2.29. The summed E-state index contributed by atoms with van der Waals surface area (Å²) in [5.74, 6) is 2.73. The van der Waals surface area contributed by atoms with Crippen LogP contribution in [0.25, 0.3) is 0 Å². The first kappa shape index (κ1) is 11.0. The average Bonchev–Trinajstić information content (AvgIpc) is 3.01. The van der Waals surface area contributed by atoms with Crippen LogP contribution < -0.4 is 0 Å². The molecule has 0 bridgehead atoms. The lowest BCUT2D eigenvalue weighted by Crippen LogP contribution is -2.02. The highest BCUT2D eigenvalue weighted by atomic mass is 32.2. The quantitative estimate of drug-likeness (QED) is 0.593. The van der Waals surface area contributed by atoms with Gasteiger partial charge >= 0.3 is 0 Å². The third-order valence-electron chi connectivity index (χ3n) is 2.54. The molecule has 1 saturated carbocycles. The van der Waals surface area contributed by atoms with E-state index in [1.54, 1.807) is 11.8 Å². The van der Waals surface area contributed by atoms with Gasteiger partial charge in [-0.3, -0.25) is 0 Å². The van der Waals surface area contributed by atoms with Crippen LogP contribution in [0.15, 0.2) is 5.16 Å². The predicted molar refractivity (Wildman–Crippen MR) is 60.1 cm³/mol. The molecule has 1 heterocycles. The fourth-order valence-electron chi connectivity index (χ4n) is 1.58. The second-order valence-corrected chi connectivity index (χ2v) is 4.85. The molecule has 1 N–H and O–H groups in total. The topological polar surface area (TPSA) is 50.9 Å². The van der Waals surface area contributed by atoms with Crippen molar-refractivity contribution in [2.24, 2.45) is 0 Å². The normalized spacial score (nSPS) is 15.9. The van der Waals surface area contributed by atoms with Crippen LogP contribution in [0.5, 0.6) is 0 Å². The van der Waals surface area contributed by atoms with Crippen molar-refractivity contribution in [3.05, 3.63) is 5.82 Å². The summed E-state index contributed by atoms with van der Waals surface area (Å²) >= 11 is 1.69. The maximum atomic E-state index is 8.72. The predicted octanol–water partition coefficient (Wildman–Crippen LogP) is 1.65. The van der Waals surface area contributed by atoms with E-state index in [0.717, 1.165) is 29.7 Å². The average molecular weight is 227 g/mol. The molecule has 5 heteroatoms. The molecule has 4 nitrogen and oxygen atoms in total. The Morgan fingerprint density at radius 1 is 1.47 bits per heavy atom. The molecule has 0 spiro atoms. The van der Waals surface area contributed by atoms with Crippen molar-refractivity contribution < 1.29 is 5.11 Å². The maximum absolute atomic E-state index is 8.72. The SMILES string of the molecule is CCn1c(SCCCO)nnc1C1CC1. The minimum atomic E-state index is 0.253. The Morgan fingerprint density at radius 2 is 2.27 bits per heavy atom. The molecule has 1 aliphatic rings. The van der Waals surface area contributed by atoms with E-state index in [-0.39, 0.29) is 6.61 Å². The first-order chi connectivity index (χ1) is 7.36. The molecule has 0 unspecified atom stereocenters. The summed E-state index contributed by atoms with van der Waals surface area (Å²) in [6.07, 6.45) is 3.35. The number of aliphatic hydroxyl groups is 1. The van der Waals surface area contributed by atoms with Crippen LogP contribution in [-0.4, -0.2) is 32.2 Å². The van der Waals surface area contributed by atoms with E-state index >= 15 is 0 Å². The third kappa shape index (κ3) is 2.52. The van der Waals surface area contributed by atoms with Gasteiger partial charge in [-0.05, 0) is 26.2 Å². The van der Waals surface area contributed by atoms with E-state index in [1.165, 1.54) is 12.8 Å².